The first-order valence-electron chi connectivity index (χ1n) is 2.66. The van der Waals surface area contributed by atoms with E-state index in [4.69, 9.17) is 11.6 Å². The lowest BCUT2D eigenvalue weighted by molar-refractivity contribution is -0.116. The molecule has 0 amide bonds. The third kappa shape index (κ3) is 1.14. The Morgan fingerprint density at radius 1 is 1.70 bits per heavy atom. The van der Waals surface area contributed by atoms with E-state index in [-0.39, 0.29) is 22.9 Å². The zero-order valence-electron chi connectivity index (χ0n) is 5.00. The largest absolute Gasteiger partial charge is 0.298 e. The monoisotopic (exact) mass is 157 g/mol. The Kier molecular flexibility index (Phi) is 1.97. The molecule has 10 heavy (non-hydrogen) atoms. The molecule has 0 spiro atoms. The van der Waals surface area contributed by atoms with Crippen LogP contribution in [0.25, 0.3) is 0 Å². The van der Waals surface area contributed by atoms with E-state index in [1.165, 1.54) is 6.21 Å². The summed E-state index contributed by atoms with van der Waals surface area (Å²) in [5.41, 5.74) is -0.0239. The van der Waals surface area contributed by atoms with Gasteiger partial charge in [0.25, 0.3) is 0 Å². The highest BCUT2D eigenvalue weighted by Crippen LogP contribution is 2.14. The first kappa shape index (κ1) is 7.15. The molecule has 3 nitrogen and oxygen atoms in total. The van der Waals surface area contributed by atoms with Crippen LogP contribution < -0.4 is 0 Å². The molecule has 0 aliphatic carbocycles. The van der Waals surface area contributed by atoms with Crippen LogP contribution in [-0.4, -0.2) is 18.3 Å². The molecule has 0 aromatic carbocycles. The van der Waals surface area contributed by atoms with Crippen molar-refractivity contribution < 1.29 is 9.59 Å². The zero-order valence-corrected chi connectivity index (χ0v) is 5.76. The standard InChI is InChI=1S/C6H4ClNO2/c7-6-4(3-9)5(10)1-2-8-6/h2-3H,1H2. The van der Waals surface area contributed by atoms with Gasteiger partial charge < -0.3 is 0 Å². The lowest BCUT2D eigenvalue weighted by Gasteiger charge is -2.01. The predicted molar refractivity (Wildman–Crippen MR) is 37.1 cm³/mol. The number of ketones is 1. The number of aliphatic imine (C=N–C) groups is 1. The van der Waals surface area contributed by atoms with Crippen LogP contribution in [-0.2, 0) is 9.59 Å². The van der Waals surface area contributed by atoms with Crippen LogP contribution in [0.5, 0.6) is 0 Å². The fraction of sp³-hybridized carbons (Fsp3) is 0.167. The molecule has 0 aromatic rings. The van der Waals surface area contributed by atoms with E-state index in [2.05, 4.69) is 4.99 Å². The molecule has 0 aromatic heterocycles. The molecular weight excluding hydrogens is 154 g/mol. The normalized spacial score (nSPS) is 17.9. The molecule has 0 radical (unpaired) electrons. The number of hydrogen-bond donors (Lipinski definition) is 0. The average molecular weight is 158 g/mol. The average Bonchev–Trinajstić information content (AvgIpc) is 1.88. The molecule has 1 heterocycles. The van der Waals surface area contributed by atoms with Gasteiger partial charge in [-0.1, -0.05) is 11.6 Å². The van der Waals surface area contributed by atoms with E-state index in [1.807, 2.05) is 0 Å². The molecule has 0 atom stereocenters. The highest BCUT2D eigenvalue weighted by molar-refractivity contribution is 6.36. The summed E-state index contributed by atoms with van der Waals surface area (Å²) in [4.78, 5) is 24.5. The highest BCUT2D eigenvalue weighted by Gasteiger charge is 2.15. The Bertz CT molecular complexity index is 242. The number of allylic oxidation sites excluding steroid dienone is 1. The van der Waals surface area contributed by atoms with Gasteiger partial charge in [-0.2, -0.15) is 0 Å². The second kappa shape index (κ2) is 2.75. The number of carbonyl (C=O) groups excluding carboxylic acids is 2. The zero-order chi connectivity index (χ0) is 7.56. The minimum absolute atomic E-state index is 0.00810. The van der Waals surface area contributed by atoms with E-state index in [0.717, 1.165) is 0 Å². The summed E-state index contributed by atoms with van der Waals surface area (Å²) in [5, 5.41) is -0.00810. The van der Waals surface area contributed by atoms with Crippen LogP contribution in [0.3, 0.4) is 0 Å². The molecule has 0 saturated carbocycles. The van der Waals surface area contributed by atoms with Gasteiger partial charge in [0.05, 0.1) is 5.57 Å². The molecule has 0 unspecified atom stereocenters. The molecule has 0 bridgehead atoms. The lowest BCUT2D eigenvalue weighted by Crippen LogP contribution is -2.09. The van der Waals surface area contributed by atoms with Crippen LogP contribution in [0.1, 0.15) is 6.42 Å². The third-order valence-corrected chi connectivity index (χ3v) is 1.42. The number of Topliss-reactive ketones (excluding diaryl/α,β-unsaturated/α-hetero) is 1. The molecule has 1 aliphatic heterocycles. The van der Waals surface area contributed by atoms with Crippen molar-refractivity contribution in [1.82, 2.24) is 0 Å². The maximum absolute atomic E-state index is 10.8. The van der Waals surface area contributed by atoms with Crippen molar-refractivity contribution in [3.05, 3.63) is 10.7 Å². The summed E-state index contributed by atoms with van der Waals surface area (Å²) >= 11 is 5.41. The van der Waals surface area contributed by atoms with E-state index in [0.29, 0.717) is 6.29 Å². The maximum Gasteiger partial charge on any atom is 0.174 e. The van der Waals surface area contributed by atoms with Crippen molar-refractivity contribution in [2.75, 3.05) is 0 Å². The summed E-state index contributed by atoms with van der Waals surface area (Å²) in [6.45, 7) is 0. The second-order valence-electron chi connectivity index (χ2n) is 1.76. The fourth-order valence-electron chi connectivity index (χ4n) is 0.618. The van der Waals surface area contributed by atoms with Crippen LogP contribution >= 0.6 is 11.6 Å². The molecule has 4 heteroatoms. The van der Waals surface area contributed by atoms with Crippen molar-refractivity contribution in [3.63, 3.8) is 0 Å². The van der Waals surface area contributed by atoms with Gasteiger partial charge in [-0.15, -0.1) is 0 Å². The third-order valence-electron chi connectivity index (χ3n) is 1.12. The topological polar surface area (TPSA) is 46.5 Å². The lowest BCUT2D eigenvalue weighted by atomic mass is 10.1. The summed E-state index contributed by atoms with van der Waals surface area (Å²) in [7, 11) is 0. The second-order valence-corrected chi connectivity index (χ2v) is 2.12. The van der Waals surface area contributed by atoms with Crippen molar-refractivity contribution in [1.29, 1.82) is 0 Å². The van der Waals surface area contributed by atoms with E-state index < -0.39 is 0 Å². The van der Waals surface area contributed by atoms with Gasteiger partial charge in [-0.3, -0.25) is 9.59 Å². The first-order chi connectivity index (χ1) is 4.75. The molecule has 0 N–H and O–H groups in total. The van der Waals surface area contributed by atoms with Gasteiger partial charge in [0.2, 0.25) is 0 Å². The predicted octanol–water partition coefficient (Wildman–Crippen LogP) is 0.679. The molecule has 0 fully saturated rings. The number of rotatable bonds is 1. The van der Waals surface area contributed by atoms with Gasteiger partial charge in [0, 0.05) is 12.6 Å². The summed E-state index contributed by atoms with van der Waals surface area (Å²) in [6, 6.07) is 0. The number of aldehydes is 1. The van der Waals surface area contributed by atoms with Crippen molar-refractivity contribution in [2.45, 2.75) is 6.42 Å². The Balaban J connectivity index is 3.05. The van der Waals surface area contributed by atoms with Gasteiger partial charge in [0.1, 0.15) is 5.16 Å². The van der Waals surface area contributed by atoms with Gasteiger partial charge in [-0.25, -0.2) is 4.99 Å². The quantitative estimate of drug-likeness (QED) is 0.319. The van der Waals surface area contributed by atoms with Crippen LogP contribution in [0.15, 0.2) is 15.7 Å². The van der Waals surface area contributed by atoms with Gasteiger partial charge >= 0.3 is 0 Å². The number of hydrogen-bond acceptors (Lipinski definition) is 3. The van der Waals surface area contributed by atoms with Crippen LogP contribution in [0.4, 0.5) is 0 Å². The van der Waals surface area contributed by atoms with Crippen LogP contribution in [0, 0.1) is 0 Å². The Morgan fingerprint density at radius 2 is 2.40 bits per heavy atom. The number of carbonyl (C=O) groups is 2. The smallest absolute Gasteiger partial charge is 0.174 e. The molecule has 1 aliphatic rings. The first-order valence-corrected chi connectivity index (χ1v) is 3.04. The molecule has 0 saturated heterocycles. The fourth-order valence-corrected chi connectivity index (χ4v) is 0.837. The number of nitrogens with zero attached hydrogens (tertiary/aromatic N) is 1. The Hall–Kier alpha value is -0.960. The molecular formula is C6H4ClNO2. The van der Waals surface area contributed by atoms with E-state index in [1.54, 1.807) is 0 Å². The van der Waals surface area contributed by atoms with Crippen molar-refractivity contribution in [2.24, 2.45) is 4.99 Å². The van der Waals surface area contributed by atoms with Crippen molar-refractivity contribution >= 4 is 29.9 Å². The molecule has 52 valence electrons. The van der Waals surface area contributed by atoms with Gasteiger partial charge in [0.15, 0.2) is 12.1 Å². The van der Waals surface area contributed by atoms with Gasteiger partial charge in [-0.05, 0) is 0 Å². The Labute approximate surface area is 62.4 Å². The summed E-state index contributed by atoms with van der Waals surface area (Å²) in [5.74, 6) is -0.269. The number of halogens is 1. The van der Waals surface area contributed by atoms with E-state index >= 15 is 0 Å². The Morgan fingerprint density at radius 3 is 2.80 bits per heavy atom. The van der Waals surface area contributed by atoms with Crippen molar-refractivity contribution in [3.8, 4) is 0 Å². The maximum atomic E-state index is 10.8. The highest BCUT2D eigenvalue weighted by atomic mass is 35.5. The minimum atomic E-state index is -0.269. The minimum Gasteiger partial charge on any atom is -0.298 e. The summed E-state index contributed by atoms with van der Waals surface area (Å²) in [6.07, 6.45) is 1.99. The summed E-state index contributed by atoms with van der Waals surface area (Å²) < 4.78 is 0. The van der Waals surface area contributed by atoms with Crippen LogP contribution in [0.2, 0.25) is 0 Å². The van der Waals surface area contributed by atoms with E-state index in [9.17, 15) is 9.59 Å². The SMILES string of the molecule is O=CC1=C(Cl)N=CCC1=O. The molecule has 1 rings (SSSR count).